The van der Waals surface area contributed by atoms with Crippen molar-refractivity contribution in [1.29, 1.82) is 0 Å². The zero-order valence-corrected chi connectivity index (χ0v) is 15.5. The van der Waals surface area contributed by atoms with Crippen LogP contribution in [0.4, 0.5) is 5.69 Å². The third kappa shape index (κ3) is 5.21. The predicted octanol–water partition coefficient (Wildman–Crippen LogP) is 2.65. The highest BCUT2D eigenvalue weighted by Crippen LogP contribution is 2.19. The molecule has 5 nitrogen and oxygen atoms in total. The molecule has 1 fully saturated rings. The summed E-state index contributed by atoms with van der Waals surface area (Å²) < 4.78 is 0. The smallest absolute Gasteiger partial charge is 0.244 e. The first-order valence-electron chi connectivity index (χ1n) is 8.41. The second-order valence-corrected chi connectivity index (χ2v) is 6.17. The van der Waals surface area contributed by atoms with Crippen LogP contribution in [0.25, 0.3) is 0 Å². The van der Waals surface area contributed by atoms with Crippen LogP contribution in [0, 0.1) is 13.8 Å². The van der Waals surface area contributed by atoms with Gasteiger partial charge in [0.15, 0.2) is 0 Å². The second kappa shape index (κ2) is 9.64. The number of rotatable bonds is 5. The lowest BCUT2D eigenvalue weighted by molar-refractivity contribution is -0.136. The van der Waals surface area contributed by atoms with Crippen molar-refractivity contribution in [1.82, 2.24) is 10.2 Å². The molecule has 0 aromatic heterocycles. The molecule has 0 saturated carbocycles. The van der Waals surface area contributed by atoms with E-state index in [-0.39, 0.29) is 36.8 Å². The van der Waals surface area contributed by atoms with Crippen molar-refractivity contribution < 1.29 is 9.59 Å². The average molecular weight is 354 g/mol. The van der Waals surface area contributed by atoms with Crippen LogP contribution in [-0.4, -0.2) is 42.4 Å². The maximum atomic E-state index is 12.5. The summed E-state index contributed by atoms with van der Waals surface area (Å²) in [7, 11) is 0. The fourth-order valence-corrected chi connectivity index (χ4v) is 2.99. The normalized spacial score (nSPS) is 16.9. The average Bonchev–Trinajstić information content (AvgIpc) is 2.56. The van der Waals surface area contributed by atoms with E-state index in [2.05, 4.69) is 10.6 Å². The van der Waals surface area contributed by atoms with E-state index in [9.17, 15) is 9.59 Å². The molecule has 1 aliphatic rings. The van der Waals surface area contributed by atoms with Gasteiger partial charge in [-0.3, -0.25) is 9.59 Å². The molecular formula is C18H28ClN3O2. The van der Waals surface area contributed by atoms with Crippen LogP contribution in [-0.2, 0) is 9.59 Å². The first-order valence-corrected chi connectivity index (χ1v) is 8.41. The van der Waals surface area contributed by atoms with Gasteiger partial charge in [0.05, 0.1) is 12.6 Å². The van der Waals surface area contributed by atoms with Crippen molar-refractivity contribution in [2.45, 2.75) is 46.1 Å². The predicted molar refractivity (Wildman–Crippen MR) is 99.7 cm³/mol. The van der Waals surface area contributed by atoms with Crippen molar-refractivity contribution >= 4 is 29.9 Å². The number of hydrogen-bond acceptors (Lipinski definition) is 3. The Bertz CT molecular complexity index is 551. The number of aryl methyl sites for hydroxylation is 2. The number of carbonyl (C=O) groups is 2. The van der Waals surface area contributed by atoms with E-state index >= 15 is 0 Å². The fraction of sp³-hybridized carbons (Fsp3) is 0.556. The van der Waals surface area contributed by atoms with E-state index in [0.29, 0.717) is 6.54 Å². The van der Waals surface area contributed by atoms with E-state index in [4.69, 9.17) is 0 Å². The number of anilines is 1. The zero-order valence-electron chi connectivity index (χ0n) is 14.7. The number of amides is 2. The highest BCUT2D eigenvalue weighted by molar-refractivity contribution is 5.96. The molecule has 1 aromatic carbocycles. The summed E-state index contributed by atoms with van der Waals surface area (Å²) in [5.74, 6) is -0.114. The molecule has 2 rings (SSSR count). The van der Waals surface area contributed by atoms with Crippen molar-refractivity contribution in [3.63, 3.8) is 0 Å². The number of hydrogen-bond donors (Lipinski definition) is 2. The molecule has 1 aromatic rings. The molecule has 0 radical (unpaired) electrons. The van der Waals surface area contributed by atoms with Crippen LogP contribution in [0.2, 0.25) is 0 Å². The largest absolute Gasteiger partial charge is 0.332 e. The molecule has 0 spiro atoms. The lowest BCUT2D eigenvalue weighted by atomic mass is 10.0. The van der Waals surface area contributed by atoms with E-state index in [0.717, 1.165) is 42.6 Å². The first-order chi connectivity index (χ1) is 11.0. The first kappa shape index (κ1) is 20.5. The molecule has 6 heteroatoms. The van der Waals surface area contributed by atoms with Crippen LogP contribution in [0.15, 0.2) is 18.2 Å². The Balaban J connectivity index is 0.00000288. The summed E-state index contributed by atoms with van der Waals surface area (Å²) in [6.45, 7) is 7.36. The molecular weight excluding hydrogens is 326 g/mol. The van der Waals surface area contributed by atoms with Crippen molar-refractivity contribution in [2.24, 2.45) is 0 Å². The van der Waals surface area contributed by atoms with Gasteiger partial charge in [0.25, 0.3) is 0 Å². The number of para-hydroxylation sites is 1. The highest BCUT2D eigenvalue weighted by atomic mass is 35.5. The van der Waals surface area contributed by atoms with Gasteiger partial charge in [0, 0.05) is 12.2 Å². The Kier molecular flexibility index (Phi) is 8.22. The molecule has 1 atom stereocenters. The number of piperidine rings is 1. The van der Waals surface area contributed by atoms with E-state index < -0.39 is 0 Å². The summed E-state index contributed by atoms with van der Waals surface area (Å²) in [6.07, 6.45) is 3.03. The van der Waals surface area contributed by atoms with E-state index in [1.54, 1.807) is 4.90 Å². The highest BCUT2D eigenvalue weighted by Gasteiger charge is 2.26. The Hall–Kier alpha value is -1.59. The minimum Gasteiger partial charge on any atom is -0.332 e. The minimum atomic E-state index is -0.145. The van der Waals surface area contributed by atoms with Gasteiger partial charge in [0.1, 0.15) is 0 Å². The SMILES string of the molecule is CCN(CC(=O)Nc1c(C)cccc1C)C(=O)C1CCCCN1.Cl. The lowest BCUT2D eigenvalue weighted by Gasteiger charge is -2.29. The Morgan fingerprint density at radius 2 is 1.92 bits per heavy atom. The molecule has 1 heterocycles. The van der Waals surface area contributed by atoms with E-state index in [1.807, 2.05) is 39.0 Å². The van der Waals surface area contributed by atoms with E-state index in [1.165, 1.54) is 0 Å². The van der Waals surface area contributed by atoms with Crippen molar-refractivity contribution in [2.75, 3.05) is 25.0 Å². The van der Waals surface area contributed by atoms with Crippen LogP contribution >= 0.6 is 12.4 Å². The number of benzene rings is 1. The van der Waals surface area contributed by atoms with Gasteiger partial charge in [0.2, 0.25) is 11.8 Å². The summed E-state index contributed by atoms with van der Waals surface area (Å²) in [5, 5.41) is 6.20. The summed E-state index contributed by atoms with van der Waals surface area (Å²) in [6, 6.07) is 5.77. The Labute approximate surface area is 150 Å². The zero-order chi connectivity index (χ0) is 16.8. The number of nitrogens with zero attached hydrogens (tertiary/aromatic N) is 1. The van der Waals surface area contributed by atoms with Crippen LogP contribution < -0.4 is 10.6 Å². The lowest BCUT2D eigenvalue weighted by Crippen LogP contribution is -2.50. The second-order valence-electron chi connectivity index (χ2n) is 6.17. The van der Waals surface area contributed by atoms with Crippen LogP contribution in [0.3, 0.4) is 0 Å². The van der Waals surface area contributed by atoms with Gasteiger partial charge in [-0.05, 0) is 51.3 Å². The monoisotopic (exact) mass is 353 g/mol. The molecule has 0 bridgehead atoms. The molecule has 2 amide bonds. The van der Waals surface area contributed by atoms with Gasteiger partial charge in [-0.15, -0.1) is 12.4 Å². The molecule has 2 N–H and O–H groups in total. The van der Waals surface area contributed by atoms with Gasteiger partial charge >= 0.3 is 0 Å². The minimum absolute atomic E-state index is 0. The van der Waals surface area contributed by atoms with Crippen LogP contribution in [0.1, 0.15) is 37.3 Å². The quantitative estimate of drug-likeness (QED) is 0.855. The molecule has 24 heavy (non-hydrogen) atoms. The molecule has 0 aliphatic carbocycles. The van der Waals surface area contributed by atoms with Gasteiger partial charge in [-0.2, -0.15) is 0 Å². The maximum absolute atomic E-state index is 12.5. The summed E-state index contributed by atoms with van der Waals surface area (Å²) in [4.78, 5) is 26.5. The number of likely N-dealkylation sites (N-methyl/N-ethyl adjacent to an activating group) is 1. The topological polar surface area (TPSA) is 61.4 Å². The van der Waals surface area contributed by atoms with Gasteiger partial charge < -0.3 is 15.5 Å². The third-order valence-electron chi connectivity index (χ3n) is 4.38. The van der Waals surface area contributed by atoms with Gasteiger partial charge in [-0.1, -0.05) is 24.6 Å². The number of halogens is 1. The van der Waals surface area contributed by atoms with Gasteiger partial charge in [-0.25, -0.2) is 0 Å². The third-order valence-corrected chi connectivity index (χ3v) is 4.38. The molecule has 1 unspecified atom stereocenters. The number of nitrogens with one attached hydrogen (secondary N) is 2. The van der Waals surface area contributed by atoms with Crippen molar-refractivity contribution in [3.8, 4) is 0 Å². The molecule has 1 aliphatic heterocycles. The molecule has 1 saturated heterocycles. The summed E-state index contributed by atoms with van der Waals surface area (Å²) >= 11 is 0. The maximum Gasteiger partial charge on any atom is 0.244 e. The Morgan fingerprint density at radius 3 is 2.46 bits per heavy atom. The van der Waals surface area contributed by atoms with Crippen molar-refractivity contribution in [3.05, 3.63) is 29.3 Å². The fourth-order valence-electron chi connectivity index (χ4n) is 2.99. The summed E-state index contributed by atoms with van der Waals surface area (Å²) in [5.41, 5.74) is 2.90. The Morgan fingerprint density at radius 1 is 1.25 bits per heavy atom. The van der Waals surface area contributed by atoms with Crippen LogP contribution in [0.5, 0.6) is 0 Å². The standard InChI is InChI=1S/C18H27N3O2.ClH/c1-4-21(18(23)15-10-5-6-11-19-15)12-16(22)20-17-13(2)8-7-9-14(17)3;/h7-9,15,19H,4-6,10-12H2,1-3H3,(H,20,22);1H. The number of carbonyl (C=O) groups excluding carboxylic acids is 2. The molecule has 134 valence electrons.